The molecule has 0 N–H and O–H groups in total. The minimum Gasteiger partial charge on any atom is -0.428 e. The second kappa shape index (κ2) is 4.08. The van der Waals surface area contributed by atoms with Crippen LogP contribution in [0.15, 0.2) is 12.7 Å². The Bertz CT molecular complexity index is 175. The van der Waals surface area contributed by atoms with Crippen LogP contribution in [0, 0.1) is 0 Å². The number of alkyl halides is 4. The monoisotopic (exact) mass is 186 g/mol. The van der Waals surface area contributed by atoms with Gasteiger partial charge in [0.15, 0.2) is 0 Å². The molecule has 0 aliphatic heterocycles. The molecule has 0 saturated heterocycles. The first-order valence-electron chi connectivity index (χ1n) is 2.89. The Morgan fingerprint density at radius 3 is 2.42 bits per heavy atom. The fourth-order valence-corrected chi connectivity index (χ4v) is 0.398. The zero-order chi connectivity index (χ0) is 9.78. The topological polar surface area (TPSA) is 26.3 Å². The Kier molecular flexibility index (Phi) is 3.72. The van der Waals surface area contributed by atoms with Crippen LogP contribution >= 0.6 is 0 Å². The molecule has 6 heteroatoms. The van der Waals surface area contributed by atoms with Gasteiger partial charge < -0.3 is 4.74 Å². The first-order chi connectivity index (χ1) is 5.35. The van der Waals surface area contributed by atoms with E-state index < -0.39 is 24.9 Å². The second-order valence-corrected chi connectivity index (χ2v) is 1.87. The first kappa shape index (κ1) is 10.9. The SMILES string of the molecule is C=CC(=O)OC(F)CC(F)(F)F. The molecule has 0 saturated carbocycles. The summed E-state index contributed by atoms with van der Waals surface area (Å²) >= 11 is 0. The molecule has 0 aromatic rings. The highest BCUT2D eigenvalue weighted by molar-refractivity contribution is 5.81. The molecule has 0 amide bonds. The van der Waals surface area contributed by atoms with Crippen molar-refractivity contribution in [2.75, 3.05) is 0 Å². The van der Waals surface area contributed by atoms with Gasteiger partial charge in [0, 0.05) is 6.08 Å². The highest BCUT2D eigenvalue weighted by Crippen LogP contribution is 2.23. The molecule has 0 rings (SSSR count). The standard InChI is InChI=1S/C6H6F4O2/c1-2-5(11)12-4(7)3-6(8,9)10/h2,4H,1,3H2. The molecule has 70 valence electrons. The van der Waals surface area contributed by atoms with Crippen LogP contribution in [-0.2, 0) is 9.53 Å². The molecule has 0 aromatic carbocycles. The van der Waals surface area contributed by atoms with Crippen molar-refractivity contribution < 1.29 is 27.1 Å². The third-order valence-electron chi connectivity index (χ3n) is 0.803. The van der Waals surface area contributed by atoms with E-state index in [1.807, 2.05) is 0 Å². The number of hydrogen-bond acceptors (Lipinski definition) is 2. The minimum absolute atomic E-state index is 0.586. The average molecular weight is 186 g/mol. The quantitative estimate of drug-likeness (QED) is 0.382. The molecule has 0 radical (unpaired) electrons. The largest absolute Gasteiger partial charge is 0.428 e. The number of halogens is 4. The molecule has 0 aliphatic rings. The maximum absolute atomic E-state index is 12.1. The zero-order valence-electron chi connectivity index (χ0n) is 5.90. The van der Waals surface area contributed by atoms with Crippen molar-refractivity contribution in [3.8, 4) is 0 Å². The number of rotatable bonds is 3. The second-order valence-electron chi connectivity index (χ2n) is 1.87. The van der Waals surface area contributed by atoms with Crippen molar-refractivity contribution in [1.82, 2.24) is 0 Å². The molecule has 1 atom stereocenters. The van der Waals surface area contributed by atoms with E-state index in [0.717, 1.165) is 0 Å². The molecule has 0 aromatic heterocycles. The van der Waals surface area contributed by atoms with Gasteiger partial charge in [0.05, 0.1) is 0 Å². The number of carbonyl (C=O) groups is 1. The van der Waals surface area contributed by atoms with E-state index in [4.69, 9.17) is 0 Å². The van der Waals surface area contributed by atoms with E-state index in [1.165, 1.54) is 0 Å². The molecular formula is C6H6F4O2. The maximum atomic E-state index is 12.1. The molecular weight excluding hydrogens is 180 g/mol. The number of carbonyl (C=O) groups excluding carboxylic acids is 1. The lowest BCUT2D eigenvalue weighted by Crippen LogP contribution is -2.20. The van der Waals surface area contributed by atoms with Crippen molar-refractivity contribution in [2.24, 2.45) is 0 Å². The Hall–Kier alpha value is -1.07. The number of hydrogen-bond donors (Lipinski definition) is 0. The summed E-state index contributed by atoms with van der Waals surface area (Å²) in [6.45, 7) is 2.89. The van der Waals surface area contributed by atoms with Crippen LogP contribution in [0.2, 0.25) is 0 Å². The third-order valence-corrected chi connectivity index (χ3v) is 0.803. The summed E-state index contributed by atoms with van der Waals surface area (Å²) < 4.78 is 50.0. The molecule has 0 aliphatic carbocycles. The summed E-state index contributed by atoms with van der Waals surface area (Å²) in [5.74, 6) is -1.22. The molecule has 0 spiro atoms. The van der Waals surface area contributed by atoms with Crippen LogP contribution in [-0.4, -0.2) is 18.5 Å². The third kappa shape index (κ3) is 5.70. The van der Waals surface area contributed by atoms with Gasteiger partial charge in [-0.1, -0.05) is 6.58 Å². The predicted octanol–water partition coefficient (Wildman–Crippen LogP) is 1.96. The van der Waals surface area contributed by atoms with Crippen molar-refractivity contribution in [2.45, 2.75) is 19.0 Å². The van der Waals surface area contributed by atoms with E-state index >= 15 is 0 Å². The van der Waals surface area contributed by atoms with Crippen LogP contribution in [0.4, 0.5) is 17.6 Å². The highest BCUT2D eigenvalue weighted by atomic mass is 19.4. The summed E-state index contributed by atoms with van der Waals surface area (Å²) in [4.78, 5) is 10.2. The Balaban J connectivity index is 3.82. The number of ether oxygens (including phenoxy) is 1. The van der Waals surface area contributed by atoms with Gasteiger partial charge >= 0.3 is 12.1 Å². The van der Waals surface area contributed by atoms with Gasteiger partial charge in [0.25, 0.3) is 6.36 Å². The molecule has 0 bridgehead atoms. The van der Waals surface area contributed by atoms with Gasteiger partial charge in [-0.05, 0) is 0 Å². The van der Waals surface area contributed by atoms with E-state index in [1.54, 1.807) is 0 Å². The summed E-state index contributed by atoms with van der Waals surface area (Å²) in [5.41, 5.74) is 0. The van der Waals surface area contributed by atoms with E-state index in [-0.39, 0.29) is 0 Å². The Morgan fingerprint density at radius 1 is 1.58 bits per heavy atom. The van der Waals surface area contributed by atoms with E-state index in [0.29, 0.717) is 6.08 Å². The molecule has 0 heterocycles. The molecule has 0 fully saturated rings. The van der Waals surface area contributed by atoms with E-state index in [9.17, 15) is 22.4 Å². The lowest BCUT2D eigenvalue weighted by Gasteiger charge is -2.10. The minimum atomic E-state index is -4.68. The summed E-state index contributed by atoms with van der Waals surface area (Å²) in [6.07, 6.45) is -8.55. The molecule has 12 heavy (non-hydrogen) atoms. The van der Waals surface area contributed by atoms with Gasteiger partial charge in [0.2, 0.25) is 0 Å². The molecule has 1 unspecified atom stereocenters. The first-order valence-corrected chi connectivity index (χ1v) is 2.89. The van der Waals surface area contributed by atoms with Crippen molar-refractivity contribution in [1.29, 1.82) is 0 Å². The van der Waals surface area contributed by atoms with Crippen LogP contribution in [0.5, 0.6) is 0 Å². The van der Waals surface area contributed by atoms with Crippen molar-refractivity contribution in [3.63, 3.8) is 0 Å². The lowest BCUT2D eigenvalue weighted by molar-refractivity contribution is -0.187. The number of esters is 1. The Labute approximate surface area is 65.8 Å². The lowest BCUT2D eigenvalue weighted by atomic mass is 10.4. The summed E-state index contributed by atoms with van der Waals surface area (Å²) in [7, 11) is 0. The van der Waals surface area contributed by atoms with Crippen molar-refractivity contribution in [3.05, 3.63) is 12.7 Å². The van der Waals surface area contributed by atoms with E-state index in [2.05, 4.69) is 11.3 Å². The van der Waals surface area contributed by atoms with Gasteiger partial charge in [-0.3, -0.25) is 0 Å². The Morgan fingerprint density at radius 2 is 2.08 bits per heavy atom. The smallest absolute Gasteiger partial charge is 0.395 e. The summed E-state index contributed by atoms with van der Waals surface area (Å²) in [5, 5.41) is 0. The average Bonchev–Trinajstić information content (AvgIpc) is 1.82. The van der Waals surface area contributed by atoms with Crippen LogP contribution in [0.1, 0.15) is 6.42 Å². The van der Waals surface area contributed by atoms with Gasteiger partial charge in [0.1, 0.15) is 6.42 Å². The van der Waals surface area contributed by atoms with Gasteiger partial charge in [-0.2, -0.15) is 13.2 Å². The molecule has 2 nitrogen and oxygen atoms in total. The van der Waals surface area contributed by atoms with Gasteiger partial charge in [-0.25, -0.2) is 9.18 Å². The van der Waals surface area contributed by atoms with Crippen LogP contribution in [0.25, 0.3) is 0 Å². The fourth-order valence-electron chi connectivity index (χ4n) is 0.398. The highest BCUT2D eigenvalue weighted by Gasteiger charge is 2.33. The van der Waals surface area contributed by atoms with Crippen molar-refractivity contribution >= 4 is 5.97 Å². The van der Waals surface area contributed by atoms with Crippen LogP contribution < -0.4 is 0 Å². The normalized spacial score (nSPS) is 13.7. The fraction of sp³-hybridized carbons (Fsp3) is 0.500. The maximum Gasteiger partial charge on any atom is 0.395 e. The summed E-state index contributed by atoms with van der Waals surface area (Å²) in [6, 6.07) is 0. The van der Waals surface area contributed by atoms with Gasteiger partial charge in [-0.15, -0.1) is 0 Å². The zero-order valence-corrected chi connectivity index (χ0v) is 5.90. The van der Waals surface area contributed by atoms with Crippen LogP contribution in [0.3, 0.4) is 0 Å². The predicted molar refractivity (Wildman–Crippen MR) is 31.9 cm³/mol.